The van der Waals surface area contributed by atoms with E-state index in [1.165, 1.54) is 0 Å². The summed E-state index contributed by atoms with van der Waals surface area (Å²) in [4.78, 5) is 26.9. The molecule has 1 saturated carbocycles. The molecular formula is C27H32N4O4S. The van der Waals surface area contributed by atoms with E-state index in [9.17, 15) is 18.0 Å². The van der Waals surface area contributed by atoms with E-state index in [0.29, 0.717) is 30.7 Å². The van der Waals surface area contributed by atoms with Gasteiger partial charge in [-0.15, -0.1) is 0 Å². The molecule has 1 amide bonds. The van der Waals surface area contributed by atoms with Crippen molar-refractivity contribution >= 4 is 33.1 Å². The molecule has 2 aliphatic rings. The Morgan fingerprint density at radius 3 is 2.58 bits per heavy atom. The van der Waals surface area contributed by atoms with Crippen LogP contribution >= 0.6 is 0 Å². The zero-order valence-corrected chi connectivity index (χ0v) is 21.2. The molecule has 8 nitrogen and oxygen atoms in total. The highest BCUT2D eigenvalue weighted by Crippen LogP contribution is 2.37. The van der Waals surface area contributed by atoms with E-state index in [0.717, 1.165) is 59.6 Å². The largest absolute Gasteiger partial charge is 0.366 e. The Bertz CT molecular complexity index is 1420. The second kappa shape index (κ2) is 9.46. The predicted octanol–water partition coefficient (Wildman–Crippen LogP) is 3.28. The number of H-pyrrole nitrogens is 1. The maximum absolute atomic E-state index is 12.4. The lowest BCUT2D eigenvalue weighted by molar-refractivity contribution is -0.110. The van der Waals surface area contributed by atoms with E-state index in [1.807, 2.05) is 30.5 Å². The summed E-state index contributed by atoms with van der Waals surface area (Å²) in [7, 11) is -3.19. The summed E-state index contributed by atoms with van der Waals surface area (Å²) in [6.45, 7) is 3.25. The summed E-state index contributed by atoms with van der Waals surface area (Å²) in [6.07, 6.45) is 6.12. The molecule has 3 aromatic rings. The molecule has 0 atom stereocenters. The number of hydrogen-bond donors (Lipinski definition) is 3. The third kappa shape index (κ3) is 4.70. The molecule has 1 aliphatic heterocycles. The van der Waals surface area contributed by atoms with Crippen LogP contribution < -0.4 is 11.1 Å². The monoisotopic (exact) mass is 508 g/mol. The highest BCUT2D eigenvalue weighted by Gasteiger charge is 2.41. The highest BCUT2D eigenvalue weighted by molar-refractivity contribution is 7.89. The summed E-state index contributed by atoms with van der Waals surface area (Å²) < 4.78 is 26.1. The van der Waals surface area contributed by atoms with Gasteiger partial charge in [-0.3, -0.25) is 4.79 Å². The quantitative estimate of drug-likeness (QED) is 0.383. The van der Waals surface area contributed by atoms with Gasteiger partial charge < -0.3 is 20.8 Å². The van der Waals surface area contributed by atoms with Crippen LogP contribution in [0.1, 0.15) is 60.0 Å². The van der Waals surface area contributed by atoms with Gasteiger partial charge in [-0.2, -0.15) is 0 Å². The summed E-state index contributed by atoms with van der Waals surface area (Å²) >= 11 is 0. The number of primary amides is 1. The van der Waals surface area contributed by atoms with Crippen LogP contribution in [0.15, 0.2) is 42.6 Å². The topological polar surface area (TPSA) is 125 Å². The summed E-state index contributed by atoms with van der Waals surface area (Å²) in [5, 5.41) is 4.29. The molecule has 2 fully saturated rings. The van der Waals surface area contributed by atoms with Gasteiger partial charge in [0.15, 0.2) is 0 Å². The van der Waals surface area contributed by atoms with Crippen molar-refractivity contribution in [3.63, 3.8) is 0 Å². The summed E-state index contributed by atoms with van der Waals surface area (Å²) in [5.41, 5.74) is 10.5. The second-order valence-electron chi connectivity index (χ2n) is 9.96. The van der Waals surface area contributed by atoms with Gasteiger partial charge in [0.05, 0.1) is 22.4 Å². The maximum atomic E-state index is 12.4. The van der Waals surface area contributed by atoms with Crippen molar-refractivity contribution in [1.29, 1.82) is 0 Å². The van der Waals surface area contributed by atoms with Gasteiger partial charge in [0, 0.05) is 31.2 Å². The number of benzene rings is 2. The van der Waals surface area contributed by atoms with Gasteiger partial charge in [0.1, 0.15) is 6.29 Å². The molecule has 9 heteroatoms. The predicted molar refractivity (Wildman–Crippen MR) is 140 cm³/mol. The number of nitrogens with two attached hydrogens (primary N) is 1. The number of nitrogens with zero attached hydrogens (tertiary/aromatic N) is 1. The fourth-order valence-corrected chi connectivity index (χ4v) is 6.32. The van der Waals surface area contributed by atoms with Crippen LogP contribution in [0.2, 0.25) is 0 Å². The third-order valence-corrected chi connectivity index (χ3v) is 9.54. The minimum absolute atomic E-state index is 0.112. The number of nitrogens with one attached hydrogen (secondary N) is 2. The first-order valence-electron chi connectivity index (χ1n) is 12.5. The standard InChI is InChI=1S/C27H32N4O4S/c1-2-36(34,35)31-10-6-19(7-11-31)24-16-29-25-22(24)13-21(14-23(25)26(28)33)20-5-3-4-18(12-20)15-30-27(17-32)8-9-27/h3-5,12-14,16-17,19,29-30H,2,6-11,15H2,1H3,(H2,28,33). The van der Waals surface area contributed by atoms with E-state index >= 15 is 0 Å². The molecule has 2 heterocycles. The van der Waals surface area contributed by atoms with Crippen molar-refractivity contribution in [3.8, 4) is 11.1 Å². The fraction of sp³-hybridized carbons (Fsp3) is 0.407. The van der Waals surface area contributed by atoms with Crippen LogP contribution in [0.25, 0.3) is 22.0 Å². The average Bonchev–Trinajstić information content (AvgIpc) is 3.56. The van der Waals surface area contributed by atoms with Crippen molar-refractivity contribution in [2.24, 2.45) is 5.73 Å². The number of aromatic nitrogens is 1. The van der Waals surface area contributed by atoms with E-state index < -0.39 is 15.9 Å². The van der Waals surface area contributed by atoms with Crippen molar-refractivity contribution in [2.75, 3.05) is 18.8 Å². The molecule has 5 rings (SSSR count). The Kier molecular flexibility index (Phi) is 6.48. The van der Waals surface area contributed by atoms with E-state index in [-0.39, 0.29) is 17.2 Å². The second-order valence-corrected chi connectivity index (χ2v) is 12.2. The lowest BCUT2D eigenvalue weighted by atomic mass is 9.88. The van der Waals surface area contributed by atoms with Crippen LogP contribution in [0.5, 0.6) is 0 Å². The first-order chi connectivity index (χ1) is 17.2. The molecule has 1 saturated heterocycles. The molecule has 1 aromatic heterocycles. The SMILES string of the molecule is CCS(=O)(=O)N1CCC(c2c[nH]c3c(C(N)=O)cc(-c4cccc(CNC5(C=O)CC5)c4)cc23)CC1. The average molecular weight is 509 g/mol. The molecule has 4 N–H and O–H groups in total. The van der Waals surface area contributed by atoms with E-state index in [4.69, 9.17) is 5.73 Å². The Labute approximate surface area is 211 Å². The molecule has 0 spiro atoms. The molecule has 0 unspecified atom stereocenters. The number of aromatic amines is 1. The van der Waals surface area contributed by atoms with Crippen LogP contribution in [0.3, 0.4) is 0 Å². The summed E-state index contributed by atoms with van der Waals surface area (Å²) in [6, 6.07) is 12.0. The lowest BCUT2D eigenvalue weighted by Crippen LogP contribution is -2.38. The number of amides is 1. The zero-order chi connectivity index (χ0) is 25.5. The number of carbonyl (C=O) groups excluding carboxylic acids is 2. The maximum Gasteiger partial charge on any atom is 0.250 e. The van der Waals surface area contributed by atoms with Crippen LogP contribution in [0.4, 0.5) is 0 Å². The minimum atomic E-state index is -3.19. The molecule has 2 aromatic carbocycles. The normalized spacial score (nSPS) is 18.4. The summed E-state index contributed by atoms with van der Waals surface area (Å²) in [5.74, 6) is -0.203. The number of piperidine rings is 1. The van der Waals surface area contributed by atoms with Gasteiger partial charge in [-0.1, -0.05) is 18.2 Å². The van der Waals surface area contributed by atoms with Gasteiger partial charge in [-0.25, -0.2) is 12.7 Å². The molecule has 0 radical (unpaired) electrons. The number of fused-ring (bicyclic) bond motifs is 1. The Balaban J connectivity index is 1.46. The van der Waals surface area contributed by atoms with E-state index in [1.54, 1.807) is 11.2 Å². The Morgan fingerprint density at radius 2 is 1.94 bits per heavy atom. The van der Waals surface area contributed by atoms with Crippen LogP contribution in [0, 0.1) is 0 Å². The van der Waals surface area contributed by atoms with Gasteiger partial charge in [-0.05, 0) is 79.0 Å². The van der Waals surface area contributed by atoms with Gasteiger partial charge >= 0.3 is 0 Å². The molecule has 36 heavy (non-hydrogen) atoms. The lowest BCUT2D eigenvalue weighted by Gasteiger charge is -2.31. The Morgan fingerprint density at radius 1 is 1.19 bits per heavy atom. The van der Waals surface area contributed by atoms with Crippen molar-refractivity contribution in [1.82, 2.24) is 14.6 Å². The van der Waals surface area contributed by atoms with E-state index in [2.05, 4.69) is 22.4 Å². The van der Waals surface area contributed by atoms with Crippen molar-refractivity contribution in [2.45, 2.75) is 50.6 Å². The number of rotatable bonds is 9. The molecular weight excluding hydrogens is 476 g/mol. The van der Waals surface area contributed by atoms with Gasteiger partial charge in [0.2, 0.25) is 10.0 Å². The van der Waals surface area contributed by atoms with Crippen LogP contribution in [-0.2, 0) is 21.4 Å². The van der Waals surface area contributed by atoms with Crippen LogP contribution in [-0.4, -0.2) is 54.3 Å². The number of hydrogen-bond acceptors (Lipinski definition) is 5. The third-order valence-electron chi connectivity index (χ3n) is 7.66. The fourth-order valence-electron chi connectivity index (χ4n) is 5.19. The first kappa shape index (κ1) is 24.7. The zero-order valence-electron chi connectivity index (χ0n) is 20.4. The number of aldehydes is 1. The van der Waals surface area contributed by atoms with Crippen molar-refractivity contribution < 1.29 is 18.0 Å². The Hall–Kier alpha value is -3.01. The highest BCUT2D eigenvalue weighted by atomic mass is 32.2. The molecule has 1 aliphatic carbocycles. The molecule has 0 bridgehead atoms. The first-order valence-corrected chi connectivity index (χ1v) is 14.1. The number of sulfonamides is 1. The minimum Gasteiger partial charge on any atom is -0.366 e. The molecule has 190 valence electrons. The van der Waals surface area contributed by atoms with Crippen molar-refractivity contribution in [3.05, 3.63) is 59.3 Å². The smallest absolute Gasteiger partial charge is 0.250 e. The van der Waals surface area contributed by atoms with Gasteiger partial charge in [0.25, 0.3) is 5.91 Å². The number of carbonyl (C=O) groups is 2.